The van der Waals surface area contributed by atoms with Crippen molar-refractivity contribution < 1.29 is 4.79 Å². The van der Waals surface area contributed by atoms with Crippen LogP contribution < -0.4 is 10.6 Å². The van der Waals surface area contributed by atoms with Crippen LogP contribution in [0, 0.1) is 17.2 Å². The Bertz CT molecular complexity index is 839. The standard InChI is InChI=1S/C21H23N5O/c22-13-15-3-1-5-18(11-15)24-21(27)25-20-17-6-9-26(10-7-17)19(20)12-16-4-2-8-23-14-16/h1-5,8,11,14,17,19-20H,6-7,9-10,12H2,(H2,24,25,27)/t19-,20-/m1/s1. The van der Waals surface area contributed by atoms with Crippen molar-refractivity contribution in [2.45, 2.75) is 31.3 Å². The number of piperidine rings is 3. The number of pyridine rings is 1. The van der Waals surface area contributed by atoms with Crippen molar-refractivity contribution in [2.24, 2.45) is 5.92 Å². The highest BCUT2D eigenvalue weighted by Crippen LogP contribution is 2.34. The number of urea groups is 1. The first-order chi connectivity index (χ1) is 13.2. The van der Waals surface area contributed by atoms with Crippen LogP contribution in [-0.2, 0) is 6.42 Å². The molecule has 138 valence electrons. The van der Waals surface area contributed by atoms with Gasteiger partial charge in [-0.05, 0) is 68.1 Å². The lowest BCUT2D eigenvalue weighted by molar-refractivity contribution is 0.0184. The summed E-state index contributed by atoms with van der Waals surface area (Å²) in [4.78, 5) is 19.3. The molecule has 3 fully saturated rings. The van der Waals surface area contributed by atoms with Gasteiger partial charge in [0.1, 0.15) is 0 Å². The molecule has 2 bridgehead atoms. The Hall–Kier alpha value is -2.91. The third-order valence-corrected chi connectivity index (χ3v) is 5.68. The second kappa shape index (κ2) is 7.77. The number of aromatic nitrogens is 1. The van der Waals surface area contributed by atoms with E-state index in [0.29, 0.717) is 17.2 Å². The topological polar surface area (TPSA) is 81.0 Å². The molecule has 0 radical (unpaired) electrons. The van der Waals surface area contributed by atoms with Gasteiger partial charge in [0.25, 0.3) is 0 Å². The molecule has 1 aromatic heterocycles. The van der Waals surface area contributed by atoms with E-state index in [0.717, 1.165) is 32.4 Å². The SMILES string of the molecule is N#Cc1cccc(NC(=O)N[C@@H]2C3CCN(CC3)[C@@H]2Cc2cccnc2)c1. The van der Waals surface area contributed by atoms with E-state index in [4.69, 9.17) is 5.26 Å². The van der Waals surface area contributed by atoms with Crippen LogP contribution >= 0.6 is 0 Å². The molecule has 0 spiro atoms. The number of amides is 2. The van der Waals surface area contributed by atoms with E-state index in [1.165, 1.54) is 5.56 Å². The van der Waals surface area contributed by atoms with Gasteiger partial charge < -0.3 is 10.6 Å². The van der Waals surface area contributed by atoms with Crippen LogP contribution in [0.15, 0.2) is 48.8 Å². The molecule has 3 aliphatic rings. The minimum atomic E-state index is -0.208. The smallest absolute Gasteiger partial charge is 0.319 e. The molecule has 4 heterocycles. The highest BCUT2D eigenvalue weighted by atomic mass is 16.2. The maximum atomic E-state index is 12.6. The predicted octanol–water partition coefficient (Wildman–Crippen LogP) is 2.78. The summed E-state index contributed by atoms with van der Waals surface area (Å²) in [7, 11) is 0. The lowest BCUT2D eigenvalue weighted by atomic mass is 9.77. The number of carbonyl (C=O) groups is 1. The molecule has 2 aromatic rings. The van der Waals surface area contributed by atoms with Crippen molar-refractivity contribution >= 4 is 11.7 Å². The monoisotopic (exact) mass is 361 g/mol. The quantitative estimate of drug-likeness (QED) is 0.877. The molecule has 2 N–H and O–H groups in total. The first-order valence-electron chi connectivity index (χ1n) is 9.43. The number of hydrogen-bond donors (Lipinski definition) is 2. The molecule has 27 heavy (non-hydrogen) atoms. The highest BCUT2D eigenvalue weighted by molar-refractivity contribution is 5.89. The fourth-order valence-electron chi connectivity index (χ4n) is 4.37. The normalized spacial score (nSPS) is 26.2. The van der Waals surface area contributed by atoms with Crippen LogP contribution in [0.3, 0.4) is 0 Å². The number of anilines is 1. The molecular weight excluding hydrogens is 338 g/mol. The average molecular weight is 361 g/mol. The Morgan fingerprint density at radius 1 is 1.26 bits per heavy atom. The van der Waals surface area contributed by atoms with Crippen molar-refractivity contribution in [2.75, 3.05) is 18.4 Å². The zero-order valence-electron chi connectivity index (χ0n) is 15.1. The number of fused-ring (bicyclic) bond motifs is 3. The van der Waals surface area contributed by atoms with Gasteiger partial charge in [0.2, 0.25) is 0 Å². The number of benzene rings is 1. The van der Waals surface area contributed by atoms with Gasteiger partial charge in [0.15, 0.2) is 0 Å². The van der Waals surface area contributed by atoms with E-state index in [1.54, 1.807) is 30.5 Å². The first-order valence-corrected chi connectivity index (χ1v) is 9.43. The molecule has 3 aliphatic heterocycles. The Balaban J connectivity index is 1.46. The zero-order chi connectivity index (χ0) is 18.6. The minimum absolute atomic E-state index is 0.117. The zero-order valence-corrected chi connectivity index (χ0v) is 15.1. The number of nitrogens with one attached hydrogen (secondary N) is 2. The second-order valence-electron chi connectivity index (χ2n) is 7.32. The molecule has 6 nitrogen and oxygen atoms in total. The third kappa shape index (κ3) is 3.93. The molecule has 2 amide bonds. The largest absolute Gasteiger partial charge is 0.333 e. The highest BCUT2D eigenvalue weighted by Gasteiger charge is 2.42. The number of carbonyl (C=O) groups excluding carboxylic acids is 1. The van der Waals surface area contributed by atoms with E-state index in [-0.39, 0.29) is 18.1 Å². The van der Waals surface area contributed by atoms with Crippen LogP contribution in [0.5, 0.6) is 0 Å². The summed E-state index contributed by atoms with van der Waals surface area (Å²) < 4.78 is 0. The van der Waals surface area contributed by atoms with Crippen molar-refractivity contribution in [3.63, 3.8) is 0 Å². The van der Waals surface area contributed by atoms with E-state index in [9.17, 15) is 4.79 Å². The number of rotatable bonds is 4. The van der Waals surface area contributed by atoms with Crippen LogP contribution in [0.2, 0.25) is 0 Å². The van der Waals surface area contributed by atoms with Gasteiger partial charge >= 0.3 is 6.03 Å². The van der Waals surface area contributed by atoms with Crippen molar-refractivity contribution in [1.82, 2.24) is 15.2 Å². The third-order valence-electron chi connectivity index (χ3n) is 5.68. The van der Waals surface area contributed by atoms with E-state index >= 15 is 0 Å². The summed E-state index contributed by atoms with van der Waals surface area (Å²) in [5, 5.41) is 15.1. The van der Waals surface area contributed by atoms with E-state index < -0.39 is 0 Å². The number of hydrogen-bond acceptors (Lipinski definition) is 4. The summed E-state index contributed by atoms with van der Waals surface area (Å²) in [5.74, 6) is 0.507. The fraction of sp³-hybridized carbons (Fsp3) is 0.381. The van der Waals surface area contributed by atoms with Gasteiger partial charge in [0.05, 0.1) is 11.6 Å². The summed E-state index contributed by atoms with van der Waals surface area (Å²) >= 11 is 0. The Morgan fingerprint density at radius 3 is 2.85 bits per heavy atom. The predicted molar refractivity (Wildman–Crippen MR) is 103 cm³/mol. The fourth-order valence-corrected chi connectivity index (χ4v) is 4.37. The molecule has 6 heteroatoms. The summed E-state index contributed by atoms with van der Waals surface area (Å²) in [6.07, 6.45) is 6.83. The summed E-state index contributed by atoms with van der Waals surface area (Å²) in [6, 6.07) is 13.3. The minimum Gasteiger partial charge on any atom is -0.333 e. The Kier molecular flexibility index (Phi) is 5.03. The molecule has 0 aliphatic carbocycles. The van der Waals surface area contributed by atoms with Gasteiger partial charge in [-0.2, -0.15) is 5.26 Å². The maximum Gasteiger partial charge on any atom is 0.319 e. The molecule has 0 saturated carbocycles. The maximum absolute atomic E-state index is 12.6. The van der Waals surface area contributed by atoms with Gasteiger partial charge in [-0.15, -0.1) is 0 Å². The Morgan fingerprint density at radius 2 is 2.11 bits per heavy atom. The van der Waals surface area contributed by atoms with Crippen molar-refractivity contribution in [3.8, 4) is 6.07 Å². The van der Waals surface area contributed by atoms with Gasteiger partial charge in [-0.3, -0.25) is 9.88 Å². The van der Waals surface area contributed by atoms with E-state index in [1.807, 2.05) is 12.3 Å². The van der Waals surface area contributed by atoms with Crippen LogP contribution in [-0.4, -0.2) is 41.1 Å². The van der Waals surface area contributed by atoms with Gasteiger partial charge in [-0.25, -0.2) is 4.79 Å². The molecule has 5 rings (SSSR count). The van der Waals surface area contributed by atoms with Crippen LogP contribution in [0.1, 0.15) is 24.0 Å². The number of nitrogens with zero attached hydrogens (tertiary/aromatic N) is 3. The molecule has 0 unspecified atom stereocenters. The van der Waals surface area contributed by atoms with Crippen LogP contribution in [0.4, 0.5) is 10.5 Å². The average Bonchev–Trinajstić information content (AvgIpc) is 2.71. The molecule has 3 saturated heterocycles. The molecule has 2 atom stereocenters. The number of nitriles is 1. The lowest BCUT2D eigenvalue weighted by Gasteiger charge is -2.51. The second-order valence-corrected chi connectivity index (χ2v) is 7.32. The molecular formula is C21H23N5O. The Labute approximate surface area is 159 Å². The molecule has 1 aromatic carbocycles. The summed E-state index contributed by atoms with van der Waals surface area (Å²) in [5.41, 5.74) is 2.37. The lowest BCUT2D eigenvalue weighted by Crippen LogP contribution is -2.64. The van der Waals surface area contributed by atoms with Crippen molar-refractivity contribution in [3.05, 3.63) is 59.9 Å². The van der Waals surface area contributed by atoms with Gasteiger partial charge in [0, 0.05) is 30.2 Å². The van der Waals surface area contributed by atoms with Crippen molar-refractivity contribution in [1.29, 1.82) is 5.26 Å². The first kappa shape index (κ1) is 17.5. The van der Waals surface area contributed by atoms with Crippen LogP contribution in [0.25, 0.3) is 0 Å². The summed E-state index contributed by atoms with van der Waals surface area (Å²) in [6.45, 7) is 2.19. The van der Waals surface area contributed by atoms with E-state index in [2.05, 4.69) is 32.7 Å². The van der Waals surface area contributed by atoms with Gasteiger partial charge in [-0.1, -0.05) is 12.1 Å².